The number of unbranched alkanes of at least 4 members (excludes halogenated alkanes) is 1. The van der Waals surface area contributed by atoms with Crippen LogP contribution in [-0.2, 0) is 6.42 Å². The highest BCUT2D eigenvalue weighted by atomic mass is 15.3. The molecule has 1 aromatic rings. The summed E-state index contributed by atoms with van der Waals surface area (Å²) in [7, 11) is 0. The molecule has 0 saturated carbocycles. The van der Waals surface area contributed by atoms with Gasteiger partial charge in [-0.15, -0.1) is 6.58 Å². The Morgan fingerprint density at radius 3 is 2.73 bits per heavy atom. The molecule has 1 aromatic heterocycles. The van der Waals surface area contributed by atoms with Crippen molar-refractivity contribution >= 4 is 12.0 Å². The van der Waals surface area contributed by atoms with Crippen LogP contribution in [0.5, 0.6) is 0 Å². The summed E-state index contributed by atoms with van der Waals surface area (Å²) in [5.41, 5.74) is 5.79. The quantitative estimate of drug-likeness (QED) is 0.747. The van der Waals surface area contributed by atoms with Gasteiger partial charge in [-0.1, -0.05) is 19.4 Å². The monoisotopic (exact) mass is 300 g/mol. The summed E-state index contributed by atoms with van der Waals surface area (Å²) in [5.74, 6) is 1.32. The Bertz CT molecular complexity index is 520. The Morgan fingerprint density at radius 1 is 1.32 bits per heavy atom. The fraction of sp³-hybridized carbons (Fsp3) is 0.556. The molecule has 0 aromatic carbocycles. The van der Waals surface area contributed by atoms with E-state index in [4.69, 9.17) is 4.98 Å². The smallest absolute Gasteiger partial charge is 0.128 e. The molecule has 0 amide bonds. The van der Waals surface area contributed by atoms with Gasteiger partial charge in [-0.2, -0.15) is 5.10 Å². The number of nitrogens with one attached hydrogen (secondary N) is 1. The van der Waals surface area contributed by atoms with Crippen molar-refractivity contribution < 1.29 is 0 Å². The van der Waals surface area contributed by atoms with Crippen LogP contribution in [0.15, 0.2) is 30.0 Å². The average Bonchev–Trinajstić information content (AvgIpc) is 3.02. The van der Waals surface area contributed by atoms with Crippen molar-refractivity contribution in [1.29, 1.82) is 0 Å². The molecule has 2 heterocycles. The zero-order chi connectivity index (χ0) is 15.9. The zero-order valence-corrected chi connectivity index (χ0v) is 14.0. The first-order valence-corrected chi connectivity index (χ1v) is 8.40. The van der Waals surface area contributed by atoms with Gasteiger partial charge in [0.05, 0.1) is 6.04 Å². The van der Waals surface area contributed by atoms with E-state index >= 15 is 0 Å². The van der Waals surface area contributed by atoms with Crippen LogP contribution in [0, 0.1) is 0 Å². The lowest BCUT2D eigenvalue weighted by Gasteiger charge is -2.23. The first-order chi connectivity index (χ1) is 10.7. The number of anilines is 1. The minimum absolute atomic E-state index is 0.168. The Morgan fingerprint density at radius 2 is 2.09 bits per heavy atom. The zero-order valence-electron chi connectivity index (χ0n) is 14.0. The van der Waals surface area contributed by atoms with Gasteiger partial charge < -0.3 is 10.3 Å². The second-order valence-corrected chi connectivity index (χ2v) is 5.71. The van der Waals surface area contributed by atoms with Crippen LogP contribution in [-0.4, -0.2) is 30.3 Å². The molecular weight excluding hydrogens is 272 g/mol. The van der Waals surface area contributed by atoms with Gasteiger partial charge in [0.1, 0.15) is 5.82 Å². The lowest BCUT2D eigenvalue weighted by Crippen LogP contribution is -2.26. The number of aromatic nitrogens is 1. The van der Waals surface area contributed by atoms with Crippen LogP contribution >= 0.6 is 0 Å². The summed E-state index contributed by atoms with van der Waals surface area (Å²) in [6.07, 6.45) is 9.44. The average molecular weight is 300 g/mol. The molecule has 0 spiro atoms. The SMILES string of the molecule is C=CC1NN=CC1c1cnc(N(CC)CC)cc1CCCC. The number of rotatable bonds is 8. The van der Waals surface area contributed by atoms with Crippen LogP contribution in [0.1, 0.15) is 50.7 Å². The van der Waals surface area contributed by atoms with Gasteiger partial charge in [0.25, 0.3) is 0 Å². The molecule has 0 bridgehead atoms. The maximum atomic E-state index is 4.70. The van der Waals surface area contributed by atoms with Crippen LogP contribution in [0.25, 0.3) is 0 Å². The number of hydrogen-bond acceptors (Lipinski definition) is 4. The highest BCUT2D eigenvalue weighted by Gasteiger charge is 2.25. The normalized spacial score (nSPS) is 20.0. The number of pyridine rings is 1. The Balaban J connectivity index is 2.35. The van der Waals surface area contributed by atoms with Crippen LogP contribution in [0.3, 0.4) is 0 Å². The first kappa shape index (κ1) is 16.5. The maximum Gasteiger partial charge on any atom is 0.128 e. The van der Waals surface area contributed by atoms with Gasteiger partial charge in [0.2, 0.25) is 0 Å². The van der Waals surface area contributed by atoms with E-state index in [1.165, 1.54) is 24.0 Å². The fourth-order valence-electron chi connectivity index (χ4n) is 2.95. The van der Waals surface area contributed by atoms with E-state index in [1.807, 2.05) is 18.5 Å². The molecule has 120 valence electrons. The summed E-state index contributed by atoms with van der Waals surface area (Å²) in [4.78, 5) is 7.00. The Hall–Kier alpha value is -1.84. The van der Waals surface area contributed by atoms with Crippen molar-refractivity contribution in [3.8, 4) is 0 Å². The van der Waals surface area contributed by atoms with Crippen molar-refractivity contribution in [2.24, 2.45) is 5.10 Å². The number of aryl methyl sites for hydroxylation is 1. The molecule has 0 fully saturated rings. The highest BCUT2D eigenvalue weighted by molar-refractivity contribution is 5.72. The predicted molar refractivity (Wildman–Crippen MR) is 94.8 cm³/mol. The summed E-state index contributed by atoms with van der Waals surface area (Å²) in [6.45, 7) is 12.5. The number of nitrogens with zero attached hydrogens (tertiary/aromatic N) is 3. The summed E-state index contributed by atoms with van der Waals surface area (Å²) in [6, 6.07) is 2.44. The second-order valence-electron chi connectivity index (χ2n) is 5.71. The molecule has 2 unspecified atom stereocenters. The maximum absolute atomic E-state index is 4.70. The van der Waals surface area contributed by atoms with Crippen LogP contribution < -0.4 is 10.3 Å². The lowest BCUT2D eigenvalue weighted by molar-refractivity contribution is 0.637. The molecule has 1 aliphatic heterocycles. The molecule has 0 radical (unpaired) electrons. The van der Waals surface area contributed by atoms with E-state index in [-0.39, 0.29) is 12.0 Å². The van der Waals surface area contributed by atoms with Crippen LogP contribution in [0.2, 0.25) is 0 Å². The van der Waals surface area contributed by atoms with Gasteiger partial charge in [0, 0.05) is 31.4 Å². The second kappa shape index (κ2) is 7.97. The van der Waals surface area contributed by atoms with Crippen LogP contribution in [0.4, 0.5) is 5.82 Å². The molecule has 2 atom stereocenters. The third kappa shape index (κ3) is 3.49. The van der Waals surface area contributed by atoms with E-state index in [9.17, 15) is 0 Å². The van der Waals surface area contributed by atoms with Gasteiger partial charge in [0.15, 0.2) is 0 Å². The number of hydrogen-bond donors (Lipinski definition) is 1. The molecule has 0 saturated heterocycles. The molecule has 2 rings (SSSR count). The van der Waals surface area contributed by atoms with Gasteiger partial charge in [-0.25, -0.2) is 4.98 Å². The Labute approximate surface area is 134 Å². The van der Waals surface area contributed by atoms with Crippen molar-refractivity contribution in [2.75, 3.05) is 18.0 Å². The van der Waals surface area contributed by atoms with Gasteiger partial charge >= 0.3 is 0 Å². The summed E-state index contributed by atoms with van der Waals surface area (Å²) < 4.78 is 0. The first-order valence-electron chi connectivity index (χ1n) is 8.40. The van der Waals surface area contributed by atoms with E-state index in [0.29, 0.717) is 0 Å². The Kier molecular flexibility index (Phi) is 5.99. The standard InChI is InChI=1S/C18H28N4/c1-5-9-10-14-11-18(22(7-3)8-4)19-12-15(14)16-13-20-21-17(16)6-2/h6,11-13,16-17,21H,2,5,7-10H2,1,3-4H3. The van der Waals surface area contributed by atoms with E-state index in [0.717, 1.165) is 25.3 Å². The largest absolute Gasteiger partial charge is 0.357 e. The summed E-state index contributed by atoms with van der Waals surface area (Å²) >= 11 is 0. The molecule has 4 nitrogen and oxygen atoms in total. The molecule has 22 heavy (non-hydrogen) atoms. The number of hydrazone groups is 1. The minimum Gasteiger partial charge on any atom is -0.357 e. The lowest BCUT2D eigenvalue weighted by atomic mass is 9.89. The fourth-order valence-corrected chi connectivity index (χ4v) is 2.95. The van der Waals surface area contributed by atoms with Crippen molar-refractivity contribution in [3.63, 3.8) is 0 Å². The molecule has 0 aliphatic carbocycles. The van der Waals surface area contributed by atoms with Gasteiger partial charge in [-0.3, -0.25) is 0 Å². The summed E-state index contributed by atoms with van der Waals surface area (Å²) in [5, 5.41) is 4.22. The van der Waals surface area contributed by atoms with Crippen molar-refractivity contribution in [3.05, 3.63) is 36.0 Å². The van der Waals surface area contributed by atoms with Gasteiger partial charge in [-0.05, 0) is 43.9 Å². The van der Waals surface area contributed by atoms with E-state index in [1.54, 1.807) is 0 Å². The third-order valence-corrected chi connectivity index (χ3v) is 4.36. The molecule has 1 aliphatic rings. The topological polar surface area (TPSA) is 40.5 Å². The molecule has 4 heteroatoms. The predicted octanol–water partition coefficient (Wildman–Crippen LogP) is 3.50. The third-order valence-electron chi connectivity index (χ3n) is 4.36. The van der Waals surface area contributed by atoms with E-state index < -0.39 is 0 Å². The van der Waals surface area contributed by atoms with Crippen molar-refractivity contribution in [2.45, 2.75) is 52.0 Å². The molecule has 1 N–H and O–H groups in total. The molecular formula is C18H28N4. The highest BCUT2D eigenvalue weighted by Crippen LogP contribution is 2.28. The van der Waals surface area contributed by atoms with Crippen molar-refractivity contribution in [1.82, 2.24) is 10.4 Å². The minimum atomic E-state index is 0.168. The van der Waals surface area contributed by atoms with E-state index in [2.05, 4.69) is 48.8 Å².